The Bertz CT molecular complexity index is 1000. The fourth-order valence-electron chi connectivity index (χ4n) is 2.69. The van der Waals surface area contributed by atoms with Gasteiger partial charge in [-0.2, -0.15) is 0 Å². The number of hydrogen-bond donors (Lipinski definition) is 7. The van der Waals surface area contributed by atoms with Crippen LogP contribution in [0.4, 0.5) is 5.82 Å². The number of hydrogen-bond acceptors (Lipinski definition) is 12. The summed E-state index contributed by atoms with van der Waals surface area (Å²) in [4.78, 5) is 54.6. The van der Waals surface area contributed by atoms with Crippen LogP contribution in [0.5, 0.6) is 0 Å². The number of benzene rings is 1. The van der Waals surface area contributed by atoms with Gasteiger partial charge in [-0.3, -0.25) is 0 Å². The van der Waals surface area contributed by atoms with Gasteiger partial charge in [-0.15, -0.1) is 0 Å². The van der Waals surface area contributed by atoms with Crippen LogP contribution < -0.4 is 11.4 Å². The summed E-state index contributed by atoms with van der Waals surface area (Å²) in [5.41, 5.74) is 4.58. The Morgan fingerprint density at radius 1 is 1.21 bits per heavy atom. The van der Waals surface area contributed by atoms with E-state index in [0.717, 1.165) is 4.57 Å². The molecule has 0 radical (unpaired) electrons. The van der Waals surface area contributed by atoms with Gasteiger partial charge in [-0.1, -0.05) is 0 Å². The number of phosphoric acid groups is 1. The average Bonchev–Trinajstić information content (AvgIpc) is 2.72. The number of nitrogens with zero attached hydrogens (tertiary/aromatic N) is 2. The quantitative estimate of drug-likeness (QED) is 0.177. The third-order valence-corrected chi connectivity index (χ3v) is 6.50. The Balaban J connectivity index is 2.12. The summed E-state index contributed by atoms with van der Waals surface area (Å²) in [6.45, 7) is -0.245. The molecule has 0 fully saturated rings. The number of aromatic nitrogens is 2. The summed E-state index contributed by atoms with van der Waals surface area (Å²) >= 11 is 0. The van der Waals surface area contributed by atoms with E-state index in [1.807, 2.05) is 0 Å². The van der Waals surface area contributed by atoms with Crippen LogP contribution in [0.15, 0.2) is 47.4 Å². The number of aliphatic hydroxyl groups excluding tert-OH is 2. The second kappa shape index (κ2) is 11.6. The molecule has 1 heterocycles. The first-order valence-electron chi connectivity index (χ1n) is 9.51. The van der Waals surface area contributed by atoms with Gasteiger partial charge in [0.2, 0.25) is 0 Å². The van der Waals surface area contributed by atoms with Gasteiger partial charge in [0, 0.05) is 0 Å². The molecular formula is C17H27N3O11P2. The Hall–Kier alpha value is -1.80. The number of nitrogen functional groups attached to an aromatic ring is 1. The van der Waals surface area contributed by atoms with E-state index in [1.165, 1.54) is 43.5 Å². The summed E-state index contributed by atoms with van der Waals surface area (Å²) in [6, 6.07) is 8.50. The summed E-state index contributed by atoms with van der Waals surface area (Å²) in [6.07, 6.45) is -2.79. The van der Waals surface area contributed by atoms with Crippen LogP contribution in [0.3, 0.4) is 0 Å². The number of ether oxygens (including phenoxy) is 1. The van der Waals surface area contributed by atoms with Gasteiger partial charge in [0.25, 0.3) is 0 Å². The predicted octanol–water partition coefficient (Wildman–Crippen LogP) is -0.613. The van der Waals surface area contributed by atoms with Crippen LogP contribution >= 0.6 is 15.8 Å². The standard InChI is InChI=1S/C17H27N3O11P2/c1-11(22)15(20-8-7-14(18)19-17(20)23)30-13(9-21)10-29-33(27,28)31-16(32(24,25)26)12-5-3-2-4-6-12/h2-8,11,13,15-16,21-22,24-26,32H,9-10H2,1H3,(H,27,28)(H2,18,19,23)/t11-,13-,15+,16-/m0/s1. The van der Waals surface area contributed by atoms with Crippen molar-refractivity contribution in [3.63, 3.8) is 0 Å². The molecule has 1 unspecified atom stereocenters. The molecule has 8 N–H and O–H groups in total. The number of aliphatic hydroxyl groups is 2. The molecule has 14 nitrogen and oxygen atoms in total. The van der Waals surface area contributed by atoms with Gasteiger partial charge < -0.3 is 5.73 Å². The van der Waals surface area contributed by atoms with Crippen molar-refractivity contribution in [2.24, 2.45) is 0 Å². The fraction of sp³-hybridized carbons (Fsp3) is 0.412. The molecule has 0 spiro atoms. The third-order valence-electron chi connectivity index (χ3n) is 4.19. The van der Waals surface area contributed by atoms with Gasteiger partial charge in [0.15, 0.2) is 0 Å². The molecule has 1 aromatic heterocycles. The zero-order valence-corrected chi connectivity index (χ0v) is 19.3. The Morgan fingerprint density at radius 2 is 1.85 bits per heavy atom. The monoisotopic (exact) mass is 511 g/mol. The molecule has 5 atom stereocenters. The number of phosphoric ester groups is 1. The van der Waals surface area contributed by atoms with Crippen molar-refractivity contribution in [2.45, 2.75) is 31.2 Å². The maximum absolute atomic E-state index is 12.4. The number of anilines is 1. The molecule has 0 saturated carbocycles. The van der Waals surface area contributed by atoms with Crippen molar-refractivity contribution in [1.82, 2.24) is 9.55 Å². The summed E-state index contributed by atoms with van der Waals surface area (Å²) in [7, 11) is -10.1. The summed E-state index contributed by atoms with van der Waals surface area (Å²) in [5.74, 6) is -2.02. The van der Waals surface area contributed by atoms with Gasteiger partial charge in [0.1, 0.15) is 0 Å². The van der Waals surface area contributed by atoms with E-state index in [4.69, 9.17) is 19.5 Å². The van der Waals surface area contributed by atoms with E-state index >= 15 is 0 Å². The topological polar surface area (TPSA) is 227 Å². The fourth-order valence-corrected chi connectivity index (χ4v) is 5.10. The Labute approximate surface area is 188 Å². The van der Waals surface area contributed by atoms with Gasteiger partial charge >= 0.3 is 182 Å². The first-order valence-corrected chi connectivity index (χ1v) is 12.9. The summed E-state index contributed by atoms with van der Waals surface area (Å²) < 4.78 is 28.3. The van der Waals surface area contributed by atoms with Crippen LogP contribution in [0.25, 0.3) is 0 Å². The van der Waals surface area contributed by atoms with Crippen LogP contribution in [0, 0.1) is 0 Å². The van der Waals surface area contributed by atoms with Crippen LogP contribution in [-0.2, 0) is 18.3 Å². The third kappa shape index (κ3) is 8.18. The molecular weight excluding hydrogens is 484 g/mol. The first-order chi connectivity index (χ1) is 15.3. The first kappa shape index (κ1) is 27.4. The molecule has 1 aromatic carbocycles. The van der Waals surface area contributed by atoms with Crippen molar-refractivity contribution in [3.05, 3.63) is 58.6 Å². The van der Waals surface area contributed by atoms with Crippen molar-refractivity contribution < 1.29 is 48.1 Å². The molecule has 33 heavy (non-hydrogen) atoms. The van der Waals surface area contributed by atoms with Crippen LogP contribution in [0.2, 0.25) is 0 Å². The second-order valence-corrected chi connectivity index (χ2v) is 10.3. The molecule has 0 saturated heterocycles. The minimum absolute atomic E-state index is 0.00824. The van der Waals surface area contributed by atoms with Gasteiger partial charge in [-0.25, -0.2) is 0 Å². The molecule has 2 aromatic rings. The molecule has 0 bridgehead atoms. The molecule has 0 amide bonds. The molecule has 0 aliphatic heterocycles. The number of rotatable bonds is 12. The normalized spacial score (nSPS) is 18.2. The van der Waals surface area contributed by atoms with Crippen LogP contribution in [0.1, 0.15) is 24.6 Å². The average molecular weight is 511 g/mol. The van der Waals surface area contributed by atoms with E-state index in [2.05, 4.69) is 4.98 Å². The van der Waals surface area contributed by atoms with E-state index in [0.29, 0.717) is 0 Å². The van der Waals surface area contributed by atoms with Crippen molar-refractivity contribution in [1.29, 1.82) is 0 Å². The molecule has 2 rings (SSSR count). The zero-order chi connectivity index (χ0) is 24.8. The Morgan fingerprint density at radius 3 is 2.36 bits per heavy atom. The minimum atomic E-state index is -5.10. The Kier molecular flexibility index (Phi) is 9.61. The second-order valence-electron chi connectivity index (χ2n) is 6.96. The van der Waals surface area contributed by atoms with Gasteiger partial charge in [0.05, 0.1) is 0 Å². The maximum atomic E-state index is 12.4. The van der Waals surface area contributed by atoms with Crippen molar-refractivity contribution in [2.75, 3.05) is 18.9 Å². The van der Waals surface area contributed by atoms with Gasteiger partial charge in [-0.05, 0) is 0 Å². The zero-order valence-electron chi connectivity index (χ0n) is 17.4. The molecule has 0 aliphatic carbocycles. The van der Waals surface area contributed by atoms with E-state index in [1.54, 1.807) is 6.07 Å². The van der Waals surface area contributed by atoms with E-state index in [9.17, 15) is 39.1 Å². The molecule has 186 valence electrons. The van der Waals surface area contributed by atoms with Crippen LogP contribution in [-0.4, -0.2) is 64.8 Å². The predicted molar refractivity (Wildman–Crippen MR) is 117 cm³/mol. The number of nitrogens with two attached hydrogens (primary N) is 1. The molecule has 16 heteroatoms. The van der Waals surface area contributed by atoms with Crippen molar-refractivity contribution in [3.8, 4) is 0 Å². The van der Waals surface area contributed by atoms with E-state index < -0.39 is 59.0 Å². The SMILES string of the molecule is C[C@H](O)[C@@H](O[C@@H](CO)COP(=O)(O)O[C@H](c1ccccc1)[PH](O)(O)O)n1ccc(N)nc1=O. The molecule has 0 aliphatic rings. The summed E-state index contributed by atoms with van der Waals surface area (Å²) in [5, 5.41) is 19.6. The van der Waals surface area contributed by atoms with E-state index in [-0.39, 0.29) is 11.4 Å². The van der Waals surface area contributed by atoms with Crippen molar-refractivity contribution >= 4 is 21.6 Å².